The van der Waals surface area contributed by atoms with Gasteiger partial charge in [-0.15, -0.1) is 0 Å². The molecule has 1 aliphatic carbocycles. The third-order valence-corrected chi connectivity index (χ3v) is 5.15. The number of hydrogen-bond donors (Lipinski definition) is 1. The van der Waals surface area contributed by atoms with Gasteiger partial charge in [-0.1, -0.05) is 49.8 Å². The maximum atomic E-state index is 13.1. The summed E-state index contributed by atoms with van der Waals surface area (Å²) in [5.41, 5.74) is -0.191. The highest BCUT2D eigenvalue weighted by atomic mass is 35.5. The monoisotopic (exact) mass is 338 g/mol. The van der Waals surface area contributed by atoms with Crippen LogP contribution < -0.4 is 5.32 Å². The number of urea groups is 1. The topological polar surface area (TPSA) is 49.4 Å². The van der Waals surface area contributed by atoms with Crippen molar-refractivity contribution >= 4 is 23.5 Å². The smallest absolute Gasteiger partial charge is 0.323 e. The van der Waals surface area contributed by atoms with E-state index in [1.165, 1.54) is 29.5 Å². The van der Waals surface area contributed by atoms with Crippen molar-refractivity contribution < 1.29 is 14.0 Å². The van der Waals surface area contributed by atoms with E-state index in [4.69, 9.17) is 11.6 Å². The Labute approximate surface area is 140 Å². The maximum absolute atomic E-state index is 13.1. The Bertz CT molecular complexity index is 627. The summed E-state index contributed by atoms with van der Waals surface area (Å²) in [5.74, 6) is -0.614. The van der Waals surface area contributed by atoms with E-state index in [9.17, 15) is 14.0 Å². The molecule has 4 nitrogen and oxygen atoms in total. The molecule has 1 aliphatic heterocycles. The molecule has 1 heterocycles. The van der Waals surface area contributed by atoms with Gasteiger partial charge in [0.15, 0.2) is 0 Å². The number of nitrogens with zero attached hydrogens (tertiary/aromatic N) is 1. The van der Waals surface area contributed by atoms with Crippen molar-refractivity contribution in [3.05, 3.63) is 34.6 Å². The van der Waals surface area contributed by atoms with Crippen LogP contribution >= 0.6 is 11.6 Å². The molecular formula is C17H20ClFN2O2. The maximum Gasteiger partial charge on any atom is 0.325 e. The summed E-state index contributed by atoms with van der Waals surface area (Å²) in [6.45, 7) is 0.0749. The summed E-state index contributed by atoms with van der Waals surface area (Å²) >= 11 is 6.02. The summed E-state index contributed by atoms with van der Waals surface area (Å²) in [7, 11) is 0. The lowest BCUT2D eigenvalue weighted by Gasteiger charge is -2.28. The molecule has 1 saturated carbocycles. The van der Waals surface area contributed by atoms with Crippen molar-refractivity contribution in [3.8, 4) is 0 Å². The Hall–Kier alpha value is -1.62. The van der Waals surface area contributed by atoms with Crippen LogP contribution in [-0.2, 0) is 11.3 Å². The molecule has 0 atom stereocenters. The minimum Gasteiger partial charge on any atom is -0.323 e. The zero-order valence-corrected chi connectivity index (χ0v) is 13.7. The zero-order chi connectivity index (χ0) is 16.4. The highest BCUT2D eigenvalue weighted by molar-refractivity contribution is 6.31. The van der Waals surface area contributed by atoms with Crippen LogP contribution in [0.3, 0.4) is 0 Å². The summed E-state index contributed by atoms with van der Waals surface area (Å²) in [5, 5.41) is 3.13. The van der Waals surface area contributed by atoms with Crippen LogP contribution in [0.5, 0.6) is 0 Å². The Balaban J connectivity index is 1.80. The van der Waals surface area contributed by atoms with Crippen LogP contribution in [0.1, 0.15) is 50.5 Å². The minimum absolute atomic E-state index is 0.0749. The molecule has 2 aliphatic rings. The summed E-state index contributed by atoms with van der Waals surface area (Å²) in [6.07, 6.45) is 6.63. The highest BCUT2D eigenvalue weighted by Gasteiger charge is 2.50. The molecule has 0 radical (unpaired) electrons. The molecule has 0 unspecified atom stereocenters. The molecule has 1 aromatic rings. The number of carbonyl (C=O) groups is 2. The van der Waals surface area contributed by atoms with Crippen molar-refractivity contribution in [1.82, 2.24) is 10.2 Å². The van der Waals surface area contributed by atoms with Gasteiger partial charge in [0.05, 0.1) is 6.54 Å². The number of amides is 3. The number of carbonyl (C=O) groups excluding carboxylic acids is 2. The first-order valence-corrected chi connectivity index (χ1v) is 8.48. The molecule has 23 heavy (non-hydrogen) atoms. The van der Waals surface area contributed by atoms with Gasteiger partial charge in [-0.25, -0.2) is 9.18 Å². The van der Waals surface area contributed by atoms with Gasteiger partial charge in [0.25, 0.3) is 5.91 Å². The van der Waals surface area contributed by atoms with Crippen LogP contribution in [-0.4, -0.2) is 22.4 Å². The summed E-state index contributed by atoms with van der Waals surface area (Å²) < 4.78 is 13.1. The first-order chi connectivity index (χ1) is 11.0. The summed E-state index contributed by atoms with van der Waals surface area (Å²) in [4.78, 5) is 26.4. The van der Waals surface area contributed by atoms with Gasteiger partial charge >= 0.3 is 6.03 Å². The second-order valence-corrected chi connectivity index (χ2v) is 6.81. The molecule has 124 valence electrons. The highest BCUT2D eigenvalue weighted by Crippen LogP contribution is 2.33. The number of rotatable bonds is 2. The quantitative estimate of drug-likeness (QED) is 0.828. The molecule has 6 heteroatoms. The Morgan fingerprint density at radius 3 is 2.43 bits per heavy atom. The lowest BCUT2D eigenvalue weighted by molar-refractivity contribution is -0.132. The molecule has 0 aromatic heterocycles. The van der Waals surface area contributed by atoms with Crippen LogP contribution in [0.4, 0.5) is 9.18 Å². The Morgan fingerprint density at radius 2 is 1.78 bits per heavy atom. The van der Waals surface area contributed by atoms with E-state index in [0.29, 0.717) is 18.4 Å². The normalized spacial score (nSPS) is 21.2. The largest absolute Gasteiger partial charge is 0.325 e. The number of imide groups is 1. The standard InChI is InChI=1S/C17H20ClFN2O2/c18-14-10-13(19)7-6-12(14)11-21-15(22)17(20-16(21)23)8-4-2-1-3-5-9-17/h6-7,10H,1-5,8-9,11H2,(H,20,23). The van der Waals surface area contributed by atoms with Crippen LogP contribution in [0, 0.1) is 5.82 Å². The first-order valence-electron chi connectivity index (χ1n) is 8.10. The Morgan fingerprint density at radius 1 is 1.13 bits per heavy atom. The van der Waals surface area contributed by atoms with Crippen LogP contribution in [0.15, 0.2) is 18.2 Å². The van der Waals surface area contributed by atoms with Gasteiger partial charge in [-0.2, -0.15) is 0 Å². The van der Waals surface area contributed by atoms with E-state index in [-0.39, 0.29) is 23.5 Å². The predicted octanol–water partition coefficient (Wildman–Crippen LogP) is 4.01. The third kappa shape index (κ3) is 3.20. The zero-order valence-electron chi connectivity index (χ0n) is 12.9. The molecule has 3 rings (SSSR count). The van der Waals surface area contributed by atoms with Gasteiger partial charge in [0, 0.05) is 5.02 Å². The van der Waals surface area contributed by atoms with Gasteiger partial charge in [0.1, 0.15) is 11.4 Å². The van der Waals surface area contributed by atoms with E-state index < -0.39 is 11.4 Å². The summed E-state index contributed by atoms with van der Waals surface area (Å²) in [6, 6.07) is 3.61. The van der Waals surface area contributed by atoms with Crippen molar-refractivity contribution in [1.29, 1.82) is 0 Å². The van der Waals surface area contributed by atoms with E-state index in [1.54, 1.807) is 0 Å². The average Bonchev–Trinajstić information content (AvgIpc) is 2.71. The molecular weight excluding hydrogens is 319 g/mol. The fraction of sp³-hybridized carbons (Fsp3) is 0.529. The number of benzene rings is 1. The van der Waals surface area contributed by atoms with E-state index in [2.05, 4.69) is 5.32 Å². The molecule has 2 fully saturated rings. The third-order valence-electron chi connectivity index (χ3n) is 4.80. The van der Waals surface area contributed by atoms with Gasteiger partial charge in [-0.05, 0) is 30.5 Å². The van der Waals surface area contributed by atoms with Crippen molar-refractivity contribution in [2.45, 2.75) is 57.0 Å². The Kier molecular flexibility index (Phi) is 4.57. The minimum atomic E-state index is -0.760. The fourth-order valence-corrected chi connectivity index (χ4v) is 3.71. The SMILES string of the molecule is O=C1NC2(CCCCCCC2)C(=O)N1Cc1ccc(F)cc1Cl. The second kappa shape index (κ2) is 6.48. The molecule has 1 saturated heterocycles. The predicted molar refractivity (Wildman–Crippen MR) is 85.5 cm³/mol. The first kappa shape index (κ1) is 16.2. The van der Waals surface area contributed by atoms with E-state index >= 15 is 0 Å². The van der Waals surface area contributed by atoms with Crippen LogP contribution in [0.2, 0.25) is 5.02 Å². The molecule has 1 aromatic carbocycles. The lowest BCUT2D eigenvalue weighted by Crippen LogP contribution is -2.47. The average molecular weight is 339 g/mol. The van der Waals surface area contributed by atoms with Gasteiger partial charge < -0.3 is 5.32 Å². The number of halogens is 2. The van der Waals surface area contributed by atoms with Crippen molar-refractivity contribution in [2.24, 2.45) is 0 Å². The molecule has 3 amide bonds. The second-order valence-electron chi connectivity index (χ2n) is 6.41. The van der Waals surface area contributed by atoms with Crippen LogP contribution in [0.25, 0.3) is 0 Å². The number of nitrogens with one attached hydrogen (secondary N) is 1. The van der Waals surface area contributed by atoms with Crippen molar-refractivity contribution in [2.75, 3.05) is 0 Å². The van der Waals surface area contributed by atoms with E-state index in [0.717, 1.165) is 25.7 Å². The lowest BCUT2D eigenvalue weighted by atomic mass is 9.84. The van der Waals surface area contributed by atoms with E-state index in [1.807, 2.05) is 0 Å². The van der Waals surface area contributed by atoms with Gasteiger partial charge in [0.2, 0.25) is 0 Å². The molecule has 0 bridgehead atoms. The van der Waals surface area contributed by atoms with Crippen molar-refractivity contribution in [3.63, 3.8) is 0 Å². The van der Waals surface area contributed by atoms with Gasteiger partial charge in [-0.3, -0.25) is 9.69 Å². The molecule has 1 N–H and O–H groups in total. The molecule has 1 spiro atoms. The number of hydrogen-bond acceptors (Lipinski definition) is 2. The fourth-order valence-electron chi connectivity index (χ4n) is 3.49.